The lowest BCUT2D eigenvalue weighted by atomic mass is 10.1. The van der Waals surface area contributed by atoms with Gasteiger partial charge in [-0.15, -0.1) is 10.2 Å². The van der Waals surface area contributed by atoms with Crippen molar-refractivity contribution in [2.24, 2.45) is 5.73 Å². The van der Waals surface area contributed by atoms with Crippen LogP contribution in [0.2, 0.25) is 0 Å². The first kappa shape index (κ1) is 12.0. The standard InChI is InChI=1S/C12H19N5/c1-8(13)5-4-6-11-15-16-12-7-9(2)14-10(3)17(11)12/h7-8H,4-6,13H2,1-3H3. The molecule has 17 heavy (non-hydrogen) atoms. The molecule has 0 fully saturated rings. The first-order valence-electron chi connectivity index (χ1n) is 6.02. The molecule has 92 valence electrons. The van der Waals surface area contributed by atoms with Gasteiger partial charge in [-0.1, -0.05) is 0 Å². The molecule has 1 unspecified atom stereocenters. The lowest BCUT2D eigenvalue weighted by Crippen LogP contribution is -2.14. The number of rotatable bonds is 4. The third-order valence-electron chi connectivity index (χ3n) is 2.81. The van der Waals surface area contributed by atoms with Crippen molar-refractivity contribution in [2.45, 2.75) is 46.1 Å². The van der Waals surface area contributed by atoms with E-state index in [2.05, 4.69) is 15.2 Å². The van der Waals surface area contributed by atoms with Gasteiger partial charge in [0.25, 0.3) is 0 Å². The molecule has 0 amide bonds. The molecule has 0 bridgehead atoms. The Labute approximate surface area is 101 Å². The van der Waals surface area contributed by atoms with Crippen LogP contribution in [-0.4, -0.2) is 25.6 Å². The predicted octanol–water partition coefficient (Wildman–Crippen LogP) is 1.41. The molecule has 2 aromatic heterocycles. The number of aromatic nitrogens is 4. The van der Waals surface area contributed by atoms with E-state index >= 15 is 0 Å². The van der Waals surface area contributed by atoms with Crippen molar-refractivity contribution in [3.63, 3.8) is 0 Å². The predicted molar refractivity (Wildman–Crippen MR) is 66.8 cm³/mol. The summed E-state index contributed by atoms with van der Waals surface area (Å²) in [6.07, 6.45) is 2.94. The molecule has 2 aromatic rings. The summed E-state index contributed by atoms with van der Waals surface area (Å²) in [6.45, 7) is 5.98. The molecule has 0 saturated heterocycles. The average molecular weight is 233 g/mol. The Hall–Kier alpha value is -1.49. The summed E-state index contributed by atoms with van der Waals surface area (Å²) >= 11 is 0. The molecular formula is C12H19N5. The molecule has 5 heteroatoms. The van der Waals surface area contributed by atoms with Crippen LogP contribution in [0.15, 0.2) is 6.07 Å². The van der Waals surface area contributed by atoms with Gasteiger partial charge in [0.1, 0.15) is 11.6 Å². The highest BCUT2D eigenvalue weighted by molar-refractivity contribution is 5.39. The molecule has 0 spiro atoms. The van der Waals surface area contributed by atoms with Crippen LogP contribution in [0.4, 0.5) is 0 Å². The second-order valence-electron chi connectivity index (χ2n) is 4.62. The quantitative estimate of drug-likeness (QED) is 0.867. The Kier molecular flexibility index (Phi) is 3.38. The van der Waals surface area contributed by atoms with Gasteiger partial charge in [-0.05, 0) is 33.6 Å². The second kappa shape index (κ2) is 4.79. The number of hydrogen-bond acceptors (Lipinski definition) is 4. The lowest BCUT2D eigenvalue weighted by molar-refractivity contribution is 0.610. The highest BCUT2D eigenvalue weighted by Gasteiger charge is 2.09. The Morgan fingerprint density at radius 3 is 2.82 bits per heavy atom. The van der Waals surface area contributed by atoms with Crippen molar-refractivity contribution in [1.29, 1.82) is 0 Å². The van der Waals surface area contributed by atoms with E-state index in [1.54, 1.807) is 0 Å². The van der Waals surface area contributed by atoms with E-state index < -0.39 is 0 Å². The number of nitrogens with two attached hydrogens (primary N) is 1. The monoisotopic (exact) mass is 233 g/mol. The first-order valence-corrected chi connectivity index (χ1v) is 6.02. The van der Waals surface area contributed by atoms with Gasteiger partial charge in [-0.25, -0.2) is 4.98 Å². The number of fused-ring (bicyclic) bond motifs is 1. The van der Waals surface area contributed by atoms with Crippen molar-refractivity contribution in [2.75, 3.05) is 0 Å². The normalized spacial score (nSPS) is 13.2. The Morgan fingerprint density at radius 1 is 1.35 bits per heavy atom. The molecule has 0 aromatic carbocycles. The van der Waals surface area contributed by atoms with Crippen molar-refractivity contribution in [1.82, 2.24) is 19.6 Å². The van der Waals surface area contributed by atoms with Gasteiger partial charge in [0.05, 0.1) is 0 Å². The molecule has 0 aliphatic rings. The summed E-state index contributed by atoms with van der Waals surface area (Å²) in [6, 6.07) is 2.20. The van der Waals surface area contributed by atoms with Crippen molar-refractivity contribution < 1.29 is 0 Å². The highest BCUT2D eigenvalue weighted by atomic mass is 15.3. The van der Waals surface area contributed by atoms with Gasteiger partial charge >= 0.3 is 0 Å². The molecule has 0 radical (unpaired) electrons. The van der Waals surface area contributed by atoms with E-state index in [0.29, 0.717) is 0 Å². The van der Waals surface area contributed by atoms with Gasteiger partial charge in [0, 0.05) is 24.2 Å². The van der Waals surface area contributed by atoms with Crippen LogP contribution in [-0.2, 0) is 6.42 Å². The second-order valence-corrected chi connectivity index (χ2v) is 4.62. The minimum Gasteiger partial charge on any atom is -0.328 e. The molecular weight excluding hydrogens is 214 g/mol. The topological polar surface area (TPSA) is 69.1 Å². The van der Waals surface area contributed by atoms with Crippen LogP contribution in [0.25, 0.3) is 5.65 Å². The lowest BCUT2D eigenvalue weighted by Gasteiger charge is -2.05. The SMILES string of the molecule is Cc1cc2nnc(CCCC(C)N)n2c(C)n1. The smallest absolute Gasteiger partial charge is 0.164 e. The van der Waals surface area contributed by atoms with Crippen LogP contribution in [0.5, 0.6) is 0 Å². The fraction of sp³-hybridized carbons (Fsp3) is 0.583. The van der Waals surface area contributed by atoms with Gasteiger partial charge in [-0.3, -0.25) is 4.40 Å². The fourth-order valence-electron chi connectivity index (χ4n) is 2.04. The molecule has 2 N–H and O–H groups in total. The summed E-state index contributed by atoms with van der Waals surface area (Å²) in [5.41, 5.74) is 7.60. The summed E-state index contributed by atoms with van der Waals surface area (Å²) in [4.78, 5) is 4.44. The van der Waals surface area contributed by atoms with Crippen molar-refractivity contribution in [3.05, 3.63) is 23.4 Å². The van der Waals surface area contributed by atoms with E-state index in [4.69, 9.17) is 5.73 Å². The summed E-state index contributed by atoms with van der Waals surface area (Å²) in [7, 11) is 0. The van der Waals surface area contributed by atoms with E-state index in [1.807, 2.05) is 31.2 Å². The third kappa shape index (κ3) is 2.61. The maximum atomic E-state index is 5.74. The number of hydrogen-bond donors (Lipinski definition) is 1. The Balaban J connectivity index is 2.24. The van der Waals surface area contributed by atoms with E-state index in [0.717, 1.165) is 42.3 Å². The zero-order chi connectivity index (χ0) is 12.4. The summed E-state index contributed by atoms with van der Waals surface area (Å²) in [5.74, 6) is 1.92. The summed E-state index contributed by atoms with van der Waals surface area (Å²) in [5, 5.41) is 8.41. The summed E-state index contributed by atoms with van der Waals surface area (Å²) < 4.78 is 2.02. The number of aryl methyl sites for hydroxylation is 3. The minimum atomic E-state index is 0.246. The average Bonchev–Trinajstić information content (AvgIpc) is 2.60. The Morgan fingerprint density at radius 2 is 2.12 bits per heavy atom. The third-order valence-corrected chi connectivity index (χ3v) is 2.81. The molecule has 1 atom stereocenters. The molecule has 5 nitrogen and oxygen atoms in total. The van der Waals surface area contributed by atoms with E-state index in [-0.39, 0.29) is 6.04 Å². The van der Waals surface area contributed by atoms with Crippen molar-refractivity contribution in [3.8, 4) is 0 Å². The van der Waals surface area contributed by atoms with Crippen LogP contribution in [0.3, 0.4) is 0 Å². The van der Waals surface area contributed by atoms with E-state index in [9.17, 15) is 0 Å². The molecule has 2 rings (SSSR count). The van der Waals surface area contributed by atoms with E-state index in [1.165, 1.54) is 0 Å². The molecule has 2 heterocycles. The van der Waals surface area contributed by atoms with Crippen molar-refractivity contribution >= 4 is 5.65 Å². The molecule has 0 saturated carbocycles. The van der Waals surface area contributed by atoms with Crippen LogP contribution >= 0.6 is 0 Å². The van der Waals surface area contributed by atoms with Crippen LogP contribution < -0.4 is 5.73 Å². The zero-order valence-corrected chi connectivity index (χ0v) is 10.6. The van der Waals surface area contributed by atoms with Gasteiger partial charge in [-0.2, -0.15) is 0 Å². The van der Waals surface area contributed by atoms with Gasteiger partial charge in [0.2, 0.25) is 0 Å². The first-order chi connectivity index (χ1) is 8.08. The molecule has 0 aliphatic heterocycles. The maximum Gasteiger partial charge on any atom is 0.164 e. The Bertz CT molecular complexity index is 515. The van der Waals surface area contributed by atoms with Gasteiger partial charge < -0.3 is 5.73 Å². The van der Waals surface area contributed by atoms with Crippen LogP contribution in [0, 0.1) is 13.8 Å². The number of nitrogens with zero attached hydrogens (tertiary/aromatic N) is 4. The zero-order valence-electron chi connectivity index (χ0n) is 10.6. The van der Waals surface area contributed by atoms with Gasteiger partial charge in [0.15, 0.2) is 5.65 Å². The fourth-order valence-corrected chi connectivity index (χ4v) is 2.04. The largest absolute Gasteiger partial charge is 0.328 e. The molecule has 0 aliphatic carbocycles. The minimum absolute atomic E-state index is 0.246. The maximum absolute atomic E-state index is 5.74. The van der Waals surface area contributed by atoms with Crippen LogP contribution in [0.1, 0.15) is 37.1 Å². The highest BCUT2D eigenvalue weighted by Crippen LogP contribution is 2.10.